The van der Waals surface area contributed by atoms with E-state index in [4.69, 9.17) is 14.2 Å². The van der Waals surface area contributed by atoms with Crippen LogP contribution in [-0.4, -0.2) is 48.5 Å². The molecule has 1 amide bonds. The number of hydrogen-bond donors (Lipinski definition) is 1. The van der Waals surface area contributed by atoms with Crippen LogP contribution in [-0.2, 0) is 24.7 Å². The standard InChI is InChI=1S/C23H30N4O4/c1-14-18(15(2)25-22-21(14)23(31-6)26-27(22)3)8-10-20(28)24-12-11-16-13-17(29-4)7-9-19(16)30-5/h7,9,13H,8,10-12H2,1-6H3,(H,24,28). The van der Waals surface area contributed by atoms with Crippen LogP contribution in [0.2, 0.25) is 0 Å². The Morgan fingerprint density at radius 3 is 2.55 bits per heavy atom. The first-order valence-corrected chi connectivity index (χ1v) is 10.2. The Morgan fingerprint density at radius 2 is 1.87 bits per heavy atom. The van der Waals surface area contributed by atoms with Gasteiger partial charge in [0.2, 0.25) is 11.8 Å². The molecule has 0 atom stereocenters. The first-order valence-electron chi connectivity index (χ1n) is 10.2. The molecule has 0 spiro atoms. The average molecular weight is 427 g/mol. The van der Waals surface area contributed by atoms with Gasteiger partial charge in [-0.3, -0.25) is 4.79 Å². The number of ether oxygens (including phenoxy) is 3. The molecule has 0 aliphatic carbocycles. The van der Waals surface area contributed by atoms with E-state index in [1.165, 1.54) is 0 Å². The van der Waals surface area contributed by atoms with Crippen LogP contribution < -0.4 is 19.5 Å². The molecule has 0 aliphatic heterocycles. The summed E-state index contributed by atoms with van der Waals surface area (Å²) < 4.78 is 17.8. The summed E-state index contributed by atoms with van der Waals surface area (Å²) in [7, 11) is 6.72. The molecular weight excluding hydrogens is 396 g/mol. The minimum atomic E-state index is -0.00101. The third-order valence-corrected chi connectivity index (χ3v) is 5.52. The van der Waals surface area contributed by atoms with Gasteiger partial charge in [-0.25, -0.2) is 9.67 Å². The lowest BCUT2D eigenvalue weighted by atomic mass is 10.00. The zero-order chi connectivity index (χ0) is 22.5. The number of carbonyl (C=O) groups is 1. The van der Waals surface area contributed by atoms with Crippen molar-refractivity contribution < 1.29 is 19.0 Å². The summed E-state index contributed by atoms with van der Waals surface area (Å²) in [6.45, 7) is 4.52. The smallest absolute Gasteiger partial charge is 0.242 e. The molecule has 2 aromatic heterocycles. The van der Waals surface area contributed by atoms with Crippen molar-refractivity contribution in [3.8, 4) is 17.4 Å². The number of nitrogens with zero attached hydrogens (tertiary/aromatic N) is 3. The number of rotatable bonds is 9. The maximum atomic E-state index is 12.5. The van der Waals surface area contributed by atoms with Crippen LogP contribution in [0.4, 0.5) is 0 Å². The summed E-state index contributed by atoms with van der Waals surface area (Å²) in [4.78, 5) is 17.2. The molecule has 0 bridgehead atoms. The van der Waals surface area contributed by atoms with E-state index < -0.39 is 0 Å². The second-order valence-corrected chi connectivity index (χ2v) is 7.41. The van der Waals surface area contributed by atoms with E-state index in [0.29, 0.717) is 31.7 Å². The number of aryl methyl sites for hydroxylation is 3. The molecular formula is C23H30N4O4. The van der Waals surface area contributed by atoms with Gasteiger partial charge in [0.25, 0.3) is 0 Å². The predicted octanol–water partition coefficient (Wildman–Crippen LogP) is 2.90. The molecule has 0 unspecified atom stereocenters. The second-order valence-electron chi connectivity index (χ2n) is 7.41. The van der Waals surface area contributed by atoms with Crippen LogP contribution in [0.15, 0.2) is 18.2 Å². The molecule has 31 heavy (non-hydrogen) atoms. The highest BCUT2D eigenvalue weighted by Crippen LogP contribution is 2.30. The van der Waals surface area contributed by atoms with E-state index in [0.717, 1.165) is 44.9 Å². The molecule has 0 aliphatic rings. The summed E-state index contributed by atoms with van der Waals surface area (Å²) in [5.74, 6) is 2.10. The van der Waals surface area contributed by atoms with Crippen molar-refractivity contribution in [2.24, 2.45) is 7.05 Å². The van der Waals surface area contributed by atoms with Gasteiger partial charge in [0, 0.05) is 25.7 Å². The van der Waals surface area contributed by atoms with Gasteiger partial charge in [0.15, 0.2) is 5.65 Å². The number of aromatic nitrogens is 3. The fraction of sp³-hybridized carbons (Fsp3) is 0.435. The summed E-state index contributed by atoms with van der Waals surface area (Å²) in [6, 6.07) is 5.66. The van der Waals surface area contributed by atoms with E-state index >= 15 is 0 Å². The molecule has 166 valence electrons. The maximum Gasteiger partial charge on any atom is 0.242 e. The van der Waals surface area contributed by atoms with E-state index in [9.17, 15) is 4.79 Å². The lowest BCUT2D eigenvalue weighted by Crippen LogP contribution is -2.26. The molecule has 0 saturated heterocycles. The van der Waals surface area contributed by atoms with Gasteiger partial charge in [0.1, 0.15) is 11.5 Å². The molecule has 1 N–H and O–H groups in total. The number of fused-ring (bicyclic) bond motifs is 1. The minimum absolute atomic E-state index is 0.00101. The number of benzene rings is 1. The van der Waals surface area contributed by atoms with Crippen molar-refractivity contribution in [1.82, 2.24) is 20.1 Å². The highest BCUT2D eigenvalue weighted by atomic mass is 16.5. The second kappa shape index (κ2) is 9.68. The Bertz CT molecular complexity index is 1090. The van der Waals surface area contributed by atoms with Crippen molar-refractivity contribution in [1.29, 1.82) is 0 Å². The van der Waals surface area contributed by atoms with Gasteiger partial charge < -0.3 is 19.5 Å². The van der Waals surface area contributed by atoms with Crippen LogP contribution >= 0.6 is 0 Å². The Hall–Kier alpha value is -3.29. The van der Waals surface area contributed by atoms with Gasteiger partial charge in [0.05, 0.1) is 26.7 Å². The van der Waals surface area contributed by atoms with Gasteiger partial charge in [-0.05, 0) is 61.6 Å². The van der Waals surface area contributed by atoms with Crippen LogP contribution in [0.25, 0.3) is 11.0 Å². The fourth-order valence-corrected chi connectivity index (χ4v) is 3.85. The number of amides is 1. The van der Waals surface area contributed by atoms with Crippen LogP contribution in [0, 0.1) is 13.8 Å². The number of carbonyl (C=O) groups excluding carboxylic acids is 1. The summed E-state index contributed by atoms with van der Waals surface area (Å²) in [6.07, 6.45) is 1.64. The molecule has 0 saturated carbocycles. The minimum Gasteiger partial charge on any atom is -0.497 e. The number of methoxy groups -OCH3 is 3. The Morgan fingerprint density at radius 1 is 1.10 bits per heavy atom. The summed E-state index contributed by atoms with van der Waals surface area (Å²) in [5, 5.41) is 8.27. The number of hydrogen-bond acceptors (Lipinski definition) is 6. The third kappa shape index (κ3) is 4.73. The summed E-state index contributed by atoms with van der Waals surface area (Å²) >= 11 is 0. The van der Waals surface area contributed by atoms with Gasteiger partial charge >= 0.3 is 0 Å². The van der Waals surface area contributed by atoms with Crippen LogP contribution in [0.3, 0.4) is 0 Å². The van der Waals surface area contributed by atoms with E-state index in [1.54, 1.807) is 26.0 Å². The van der Waals surface area contributed by atoms with Crippen molar-refractivity contribution >= 4 is 16.9 Å². The van der Waals surface area contributed by atoms with Crippen LogP contribution in [0.5, 0.6) is 17.4 Å². The molecule has 2 heterocycles. The van der Waals surface area contributed by atoms with Crippen molar-refractivity contribution in [2.45, 2.75) is 33.1 Å². The highest BCUT2D eigenvalue weighted by Gasteiger charge is 2.18. The van der Waals surface area contributed by atoms with E-state index in [-0.39, 0.29) is 5.91 Å². The quantitative estimate of drug-likeness (QED) is 0.566. The Kier molecular flexibility index (Phi) is 6.99. The van der Waals surface area contributed by atoms with Crippen molar-refractivity contribution in [3.63, 3.8) is 0 Å². The lowest BCUT2D eigenvalue weighted by molar-refractivity contribution is -0.121. The monoisotopic (exact) mass is 426 g/mol. The zero-order valence-corrected chi connectivity index (χ0v) is 19.0. The SMILES string of the molecule is COc1ccc(OC)c(CCNC(=O)CCc2c(C)nc3c(c(OC)nn3C)c2C)c1. The largest absolute Gasteiger partial charge is 0.497 e. The van der Waals surface area contributed by atoms with Gasteiger partial charge in [-0.1, -0.05) is 0 Å². The molecule has 8 nitrogen and oxygen atoms in total. The van der Waals surface area contributed by atoms with E-state index in [2.05, 4.69) is 15.4 Å². The fourth-order valence-electron chi connectivity index (χ4n) is 3.85. The average Bonchev–Trinajstić information content (AvgIpc) is 3.09. The van der Waals surface area contributed by atoms with Gasteiger partial charge in [-0.15, -0.1) is 5.10 Å². The first kappa shape index (κ1) is 22.4. The Balaban J connectivity index is 1.63. The Labute approximate surface area is 182 Å². The topological polar surface area (TPSA) is 87.5 Å². The maximum absolute atomic E-state index is 12.5. The number of pyridine rings is 1. The highest BCUT2D eigenvalue weighted by molar-refractivity contribution is 5.86. The molecule has 3 aromatic rings. The normalized spacial score (nSPS) is 10.9. The summed E-state index contributed by atoms with van der Waals surface area (Å²) in [5.41, 5.74) is 4.80. The van der Waals surface area contributed by atoms with Crippen molar-refractivity contribution in [2.75, 3.05) is 27.9 Å². The number of nitrogens with one attached hydrogen (secondary N) is 1. The lowest BCUT2D eigenvalue weighted by Gasteiger charge is -2.12. The molecule has 0 radical (unpaired) electrons. The first-order chi connectivity index (χ1) is 14.9. The third-order valence-electron chi connectivity index (χ3n) is 5.52. The predicted molar refractivity (Wildman–Crippen MR) is 119 cm³/mol. The molecule has 1 aromatic carbocycles. The molecule has 0 fully saturated rings. The van der Waals surface area contributed by atoms with Crippen molar-refractivity contribution in [3.05, 3.63) is 40.6 Å². The van der Waals surface area contributed by atoms with Crippen LogP contribution in [0.1, 0.15) is 28.8 Å². The van der Waals surface area contributed by atoms with E-state index in [1.807, 2.05) is 39.1 Å². The molecule has 8 heteroatoms. The molecule has 3 rings (SSSR count). The van der Waals surface area contributed by atoms with Gasteiger partial charge in [-0.2, -0.15) is 0 Å². The zero-order valence-electron chi connectivity index (χ0n) is 19.0.